The molecular formula is C12H17N5O2. The van der Waals surface area contributed by atoms with Crippen molar-refractivity contribution in [2.75, 3.05) is 17.6 Å². The molecule has 7 nitrogen and oxygen atoms in total. The molecule has 1 heterocycles. The second kappa shape index (κ2) is 4.75. The van der Waals surface area contributed by atoms with E-state index in [1.807, 2.05) is 20.8 Å². The van der Waals surface area contributed by atoms with Crippen molar-refractivity contribution in [2.45, 2.75) is 26.3 Å². The average molecular weight is 263 g/mol. The Morgan fingerprint density at radius 1 is 1.32 bits per heavy atom. The van der Waals surface area contributed by atoms with Crippen LogP contribution in [0.1, 0.15) is 20.8 Å². The van der Waals surface area contributed by atoms with Crippen molar-refractivity contribution in [3.8, 4) is 0 Å². The SMILES string of the molecule is CC(C)(C)NC(=O)CNc1ccc(N)c2nonc12. The zero-order valence-corrected chi connectivity index (χ0v) is 11.2. The number of rotatable bonds is 3. The summed E-state index contributed by atoms with van der Waals surface area (Å²) in [4.78, 5) is 11.7. The fourth-order valence-electron chi connectivity index (χ4n) is 1.67. The van der Waals surface area contributed by atoms with E-state index in [-0.39, 0.29) is 18.0 Å². The topological polar surface area (TPSA) is 106 Å². The summed E-state index contributed by atoms with van der Waals surface area (Å²) in [7, 11) is 0. The molecule has 7 heteroatoms. The van der Waals surface area contributed by atoms with Gasteiger partial charge in [0, 0.05) is 5.54 Å². The standard InChI is InChI=1S/C12H17N5O2/c1-12(2,3)15-9(18)6-14-8-5-4-7(13)10-11(8)17-19-16-10/h4-5,14H,6,13H2,1-3H3,(H,15,18). The van der Waals surface area contributed by atoms with Crippen molar-refractivity contribution < 1.29 is 9.42 Å². The first-order valence-corrected chi connectivity index (χ1v) is 5.92. The molecule has 0 aliphatic rings. The van der Waals surface area contributed by atoms with E-state index < -0.39 is 0 Å². The maximum absolute atomic E-state index is 11.7. The molecule has 4 N–H and O–H groups in total. The largest absolute Gasteiger partial charge is 0.397 e. The molecule has 0 spiro atoms. The van der Waals surface area contributed by atoms with Crippen LogP contribution in [0.4, 0.5) is 11.4 Å². The Morgan fingerprint density at radius 2 is 2.00 bits per heavy atom. The van der Waals surface area contributed by atoms with Crippen LogP contribution in [0, 0.1) is 0 Å². The number of amides is 1. The van der Waals surface area contributed by atoms with Gasteiger partial charge < -0.3 is 16.4 Å². The van der Waals surface area contributed by atoms with E-state index in [0.29, 0.717) is 22.4 Å². The van der Waals surface area contributed by atoms with E-state index in [2.05, 4.69) is 25.6 Å². The molecule has 0 saturated heterocycles. The number of fused-ring (bicyclic) bond motifs is 1. The summed E-state index contributed by atoms with van der Waals surface area (Å²) in [5.74, 6) is -0.103. The quantitative estimate of drug-likeness (QED) is 0.717. The Morgan fingerprint density at radius 3 is 2.68 bits per heavy atom. The molecule has 1 aromatic carbocycles. The summed E-state index contributed by atoms with van der Waals surface area (Å²) in [6, 6.07) is 3.43. The van der Waals surface area contributed by atoms with Crippen LogP contribution in [0.2, 0.25) is 0 Å². The number of nitrogen functional groups attached to an aromatic ring is 1. The Hall–Kier alpha value is -2.31. The Kier molecular flexibility index (Phi) is 3.28. The Bertz CT molecular complexity index is 600. The van der Waals surface area contributed by atoms with Crippen LogP contribution in [-0.4, -0.2) is 28.3 Å². The number of hydrogen-bond acceptors (Lipinski definition) is 6. The summed E-state index contributed by atoms with van der Waals surface area (Å²) in [6.45, 7) is 5.92. The normalized spacial score (nSPS) is 11.5. The van der Waals surface area contributed by atoms with Gasteiger partial charge in [-0.2, -0.15) is 0 Å². The Balaban J connectivity index is 2.08. The first-order valence-electron chi connectivity index (χ1n) is 5.92. The van der Waals surface area contributed by atoms with Crippen LogP contribution in [0.25, 0.3) is 11.0 Å². The molecule has 0 aliphatic heterocycles. The van der Waals surface area contributed by atoms with Crippen molar-refractivity contribution in [1.82, 2.24) is 15.6 Å². The second-order valence-corrected chi connectivity index (χ2v) is 5.32. The number of aromatic nitrogens is 2. The van der Waals surface area contributed by atoms with Gasteiger partial charge in [-0.3, -0.25) is 4.79 Å². The number of anilines is 2. The zero-order chi connectivity index (χ0) is 14.0. The lowest BCUT2D eigenvalue weighted by atomic mass is 10.1. The lowest BCUT2D eigenvalue weighted by molar-refractivity contribution is -0.120. The summed E-state index contributed by atoms with van der Waals surface area (Å²) < 4.78 is 4.65. The molecular weight excluding hydrogens is 246 g/mol. The average Bonchev–Trinajstić information content (AvgIpc) is 2.75. The maximum atomic E-state index is 11.7. The minimum absolute atomic E-state index is 0.103. The molecule has 0 radical (unpaired) electrons. The van der Waals surface area contributed by atoms with Gasteiger partial charge in [-0.25, -0.2) is 4.63 Å². The molecule has 0 saturated carbocycles. The first-order chi connectivity index (χ1) is 8.87. The van der Waals surface area contributed by atoms with Gasteiger partial charge in [-0.05, 0) is 43.2 Å². The van der Waals surface area contributed by atoms with E-state index in [1.54, 1.807) is 12.1 Å². The molecule has 1 aromatic heterocycles. The number of carbonyl (C=O) groups is 1. The molecule has 2 aromatic rings. The molecule has 19 heavy (non-hydrogen) atoms. The van der Waals surface area contributed by atoms with Crippen LogP contribution < -0.4 is 16.4 Å². The minimum Gasteiger partial charge on any atom is -0.397 e. The lowest BCUT2D eigenvalue weighted by Gasteiger charge is -2.20. The van der Waals surface area contributed by atoms with E-state index in [9.17, 15) is 4.79 Å². The fourth-order valence-corrected chi connectivity index (χ4v) is 1.67. The molecule has 0 atom stereocenters. The van der Waals surface area contributed by atoms with Crippen LogP contribution in [0.15, 0.2) is 16.8 Å². The molecule has 0 fully saturated rings. The third kappa shape index (κ3) is 3.12. The van der Waals surface area contributed by atoms with Crippen molar-refractivity contribution in [2.24, 2.45) is 0 Å². The van der Waals surface area contributed by atoms with E-state index in [0.717, 1.165) is 0 Å². The summed E-state index contributed by atoms with van der Waals surface area (Å²) in [5, 5.41) is 13.3. The predicted molar refractivity (Wildman–Crippen MR) is 72.6 cm³/mol. The number of hydrogen-bond donors (Lipinski definition) is 3. The number of nitrogens with zero attached hydrogens (tertiary/aromatic N) is 2. The number of carbonyl (C=O) groups excluding carboxylic acids is 1. The van der Waals surface area contributed by atoms with Crippen LogP contribution in [-0.2, 0) is 4.79 Å². The van der Waals surface area contributed by atoms with Crippen molar-refractivity contribution in [3.63, 3.8) is 0 Å². The highest BCUT2D eigenvalue weighted by Gasteiger charge is 2.15. The van der Waals surface area contributed by atoms with Gasteiger partial charge in [-0.1, -0.05) is 0 Å². The molecule has 0 aliphatic carbocycles. The molecule has 102 valence electrons. The van der Waals surface area contributed by atoms with Crippen molar-refractivity contribution in [3.05, 3.63) is 12.1 Å². The van der Waals surface area contributed by atoms with Gasteiger partial charge in [0.15, 0.2) is 11.0 Å². The first kappa shape index (κ1) is 13.1. The van der Waals surface area contributed by atoms with Crippen LogP contribution in [0.3, 0.4) is 0 Å². The highest BCUT2D eigenvalue weighted by Crippen LogP contribution is 2.24. The smallest absolute Gasteiger partial charge is 0.239 e. The van der Waals surface area contributed by atoms with Crippen molar-refractivity contribution in [1.29, 1.82) is 0 Å². The van der Waals surface area contributed by atoms with Gasteiger partial charge in [-0.15, -0.1) is 0 Å². The zero-order valence-electron chi connectivity index (χ0n) is 11.2. The molecule has 0 bridgehead atoms. The van der Waals surface area contributed by atoms with Crippen LogP contribution in [0.5, 0.6) is 0 Å². The van der Waals surface area contributed by atoms with E-state index in [4.69, 9.17) is 5.73 Å². The van der Waals surface area contributed by atoms with Crippen LogP contribution >= 0.6 is 0 Å². The van der Waals surface area contributed by atoms with E-state index >= 15 is 0 Å². The number of nitrogens with two attached hydrogens (primary N) is 1. The van der Waals surface area contributed by atoms with E-state index in [1.165, 1.54) is 0 Å². The van der Waals surface area contributed by atoms with Gasteiger partial charge in [0.25, 0.3) is 0 Å². The molecule has 0 unspecified atom stereocenters. The van der Waals surface area contributed by atoms with Gasteiger partial charge >= 0.3 is 0 Å². The maximum Gasteiger partial charge on any atom is 0.239 e. The highest BCUT2D eigenvalue weighted by atomic mass is 16.6. The monoisotopic (exact) mass is 263 g/mol. The van der Waals surface area contributed by atoms with Gasteiger partial charge in [0.1, 0.15) is 0 Å². The highest BCUT2D eigenvalue weighted by molar-refractivity contribution is 5.96. The summed E-state index contributed by atoms with van der Waals surface area (Å²) in [6.07, 6.45) is 0. The Labute approximate surface area is 110 Å². The fraction of sp³-hybridized carbons (Fsp3) is 0.417. The minimum atomic E-state index is -0.259. The number of benzene rings is 1. The third-order valence-corrected chi connectivity index (χ3v) is 2.40. The number of nitrogens with one attached hydrogen (secondary N) is 2. The predicted octanol–water partition coefficient (Wildman–Crippen LogP) is 1.13. The summed E-state index contributed by atoms with van der Waals surface area (Å²) in [5.41, 5.74) is 7.63. The molecule has 2 rings (SSSR count). The van der Waals surface area contributed by atoms with Gasteiger partial charge in [0.05, 0.1) is 17.9 Å². The lowest BCUT2D eigenvalue weighted by Crippen LogP contribution is -2.43. The second-order valence-electron chi connectivity index (χ2n) is 5.32. The van der Waals surface area contributed by atoms with Gasteiger partial charge in [0.2, 0.25) is 5.91 Å². The van der Waals surface area contributed by atoms with Crippen molar-refractivity contribution >= 4 is 28.3 Å². The third-order valence-electron chi connectivity index (χ3n) is 2.40. The molecule has 1 amide bonds. The summed E-state index contributed by atoms with van der Waals surface area (Å²) >= 11 is 0.